The first-order valence-electron chi connectivity index (χ1n) is 6.90. The van der Waals surface area contributed by atoms with Crippen LogP contribution in [0.25, 0.3) is 0 Å². The Morgan fingerprint density at radius 3 is 2.25 bits per heavy atom. The molecule has 0 heterocycles. The van der Waals surface area contributed by atoms with Gasteiger partial charge in [-0.15, -0.1) is 0 Å². The fraction of sp³-hybridized carbons (Fsp3) is 0.133. The number of nitro groups is 2. The van der Waals surface area contributed by atoms with Gasteiger partial charge in [0.15, 0.2) is 0 Å². The van der Waals surface area contributed by atoms with Crippen LogP contribution in [0.15, 0.2) is 42.5 Å². The largest absolute Gasteiger partial charge is 0.375 e. The minimum atomic E-state index is -0.686. The van der Waals surface area contributed by atoms with E-state index < -0.39 is 9.85 Å². The molecular formula is C15H14N4O5. The molecule has 2 rings (SSSR count). The summed E-state index contributed by atoms with van der Waals surface area (Å²) >= 11 is 0. The van der Waals surface area contributed by atoms with Crippen LogP contribution in [-0.2, 0) is 6.54 Å². The van der Waals surface area contributed by atoms with Crippen molar-refractivity contribution in [1.29, 1.82) is 0 Å². The van der Waals surface area contributed by atoms with Gasteiger partial charge in [0, 0.05) is 25.2 Å². The van der Waals surface area contributed by atoms with E-state index in [0.29, 0.717) is 5.56 Å². The molecule has 0 spiro atoms. The van der Waals surface area contributed by atoms with E-state index in [4.69, 9.17) is 0 Å². The van der Waals surface area contributed by atoms with Gasteiger partial charge in [-0.1, -0.05) is 12.1 Å². The number of anilines is 1. The molecule has 0 aliphatic carbocycles. The summed E-state index contributed by atoms with van der Waals surface area (Å²) in [5.41, 5.74) is 0.771. The zero-order valence-electron chi connectivity index (χ0n) is 12.7. The number of carbonyl (C=O) groups is 1. The molecule has 9 heteroatoms. The highest BCUT2D eigenvalue weighted by atomic mass is 16.6. The maximum Gasteiger partial charge on any atom is 0.299 e. The van der Waals surface area contributed by atoms with E-state index in [1.54, 1.807) is 24.3 Å². The summed E-state index contributed by atoms with van der Waals surface area (Å²) in [6, 6.07) is 10.1. The van der Waals surface area contributed by atoms with Crippen molar-refractivity contribution in [3.05, 3.63) is 73.8 Å². The summed E-state index contributed by atoms with van der Waals surface area (Å²) < 4.78 is 0. The highest BCUT2D eigenvalue weighted by molar-refractivity contribution is 5.93. The standard InChI is InChI=1S/C15H14N4O5/c1-16-15(20)11-4-2-10(3-5-11)9-17-13-7-6-12(18(21)22)8-14(13)19(23)24/h2-8,17H,9H2,1H3,(H,16,20). The lowest BCUT2D eigenvalue weighted by Crippen LogP contribution is -2.17. The van der Waals surface area contributed by atoms with Gasteiger partial charge in [-0.2, -0.15) is 0 Å². The van der Waals surface area contributed by atoms with Crippen LogP contribution in [0.2, 0.25) is 0 Å². The number of nitro benzene ring substituents is 2. The fourth-order valence-electron chi connectivity index (χ4n) is 2.05. The zero-order valence-corrected chi connectivity index (χ0v) is 12.7. The van der Waals surface area contributed by atoms with Gasteiger partial charge in [0.1, 0.15) is 5.69 Å². The molecule has 0 bridgehead atoms. The van der Waals surface area contributed by atoms with Crippen LogP contribution < -0.4 is 10.6 Å². The third kappa shape index (κ3) is 3.83. The first kappa shape index (κ1) is 16.9. The maximum atomic E-state index is 11.5. The molecule has 0 unspecified atom stereocenters. The molecule has 0 saturated heterocycles. The molecule has 24 heavy (non-hydrogen) atoms. The topological polar surface area (TPSA) is 127 Å². The van der Waals surface area contributed by atoms with Crippen LogP contribution in [0.4, 0.5) is 17.1 Å². The molecule has 2 N–H and O–H groups in total. The molecule has 2 aromatic rings. The second kappa shape index (κ2) is 7.18. The summed E-state index contributed by atoms with van der Waals surface area (Å²) in [4.78, 5) is 31.9. The Labute approximate surface area is 136 Å². The summed E-state index contributed by atoms with van der Waals surface area (Å²) in [5, 5.41) is 27.2. The van der Waals surface area contributed by atoms with Gasteiger partial charge in [-0.25, -0.2) is 0 Å². The predicted octanol–water partition coefficient (Wildman–Crippen LogP) is 2.47. The first-order valence-corrected chi connectivity index (χ1v) is 6.90. The Balaban J connectivity index is 2.15. The number of nitrogens with one attached hydrogen (secondary N) is 2. The minimum Gasteiger partial charge on any atom is -0.375 e. The maximum absolute atomic E-state index is 11.5. The number of hydrogen-bond acceptors (Lipinski definition) is 6. The molecule has 0 radical (unpaired) electrons. The number of non-ortho nitro benzene ring substituents is 1. The van der Waals surface area contributed by atoms with Crippen LogP contribution in [0, 0.1) is 20.2 Å². The summed E-state index contributed by atoms with van der Waals surface area (Å²) in [7, 11) is 1.53. The third-order valence-corrected chi connectivity index (χ3v) is 3.31. The smallest absolute Gasteiger partial charge is 0.299 e. The second-order valence-electron chi connectivity index (χ2n) is 4.85. The van der Waals surface area contributed by atoms with E-state index in [1.165, 1.54) is 19.2 Å². The van der Waals surface area contributed by atoms with Crippen LogP contribution in [-0.4, -0.2) is 22.8 Å². The molecule has 1 amide bonds. The summed E-state index contributed by atoms with van der Waals surface area (Å²) in [6.07, 6.45) is 0. The van der Waals surface area contributed by atoms with E-state index in [1.807, 2.05) is 0 Å². The number of nitrogens with zero attached hydrogens (tertiary/aromatic N) is 2. The molecule has 124 valence electrons. The van der Waals surface area contributed by atoms with Crippen molar-refractivity contribution in [2.75, 3.05) is 12.4 Å². The molecule has 0 aliphatic rings. The van der Waals surface area contributed by atoms with Crippen molar-refractivity contribution in [2.24, 2.45) is 0 Å². The average Bonchev–Trinajstić information content (AvgIpc) is 2.59. The number of carbonyl (C=O) groups excluding carboxylic acids is 1. The molecule has 0 aromatic heterocycles. The quantitative estimate of drug-likeness (QED) is 0.618. The van der Waals surface area contributed by atoms with Crippen molar-refractivity contribution < 1.29 is 14.6 Å². The Morgan fingerprint density at radius 1 is 1.04 bits per heavy atom. The molecule has 0 saturated carbocycles. The lowest BCUT2D eigenvalue weighted by atomic mass is 10.1. The second-order valence-corrected chi connectivity index (χ2v) is 4.85. The molecule has 9 nitrogen and oxygen atoms in total. The van der Waals surface area contributed by atoms with E-state index in [9.17, 15) is 25.0 Å². The molecule has 0 aliphatic heterocycles. The van der Waals surface area contributed by atoms with Gasteiger partial charge >= 0.3 is 0 Å². The summed E-state index contributed by atoms with van der Waals surface area (Å²) in [5.74, 6) is -0.208. The predicted molar refractivity (Wildman–Crippen MR) is 86.9 cm³/mol. The van der Waals surface area contributed by atoms with Crippen LogP contribution in [0.3, 0.4) is 0 Å². The average molecular weight is 330 g/mol. The highest BCUT2D eigenvalue weighted by Crippen LogP contribution is 2.29. The van der Waals surface area contributed by atoms with E-state index in [-0.39, 0.29) is 29.5 Å². The fourth-order valence-corrected chi connectivity index (χ4v) is 2.05. The van der Waals surface area contributed by atoms with Crippen LogP contribution in [0.5, 0.6) is 0 Å². The van der Waals surface area contributed by atoms with Gasteiger partial charge in [0.2, 0.25) is 0 Å². The lowest BCUT2D eigenvalue weighted by Gasteiger charge is -2.08. The number of amides is 1. The van der Waals surface area contributed by atoms with E-state index in [0.717, 1.165) is 11.6 Å². The van der Waals surface area contributed by atoms with Crippen LogP contribution >= 0.6 is 0 Å². The Hall–Kier alpha value is -3.49. The van der Waals surface area contributed by atoms with E-state index in [2.05, 4.69) is 10.6 Å². The normalized spacial score (nSPS) is 10.0. The molecular weight excluding hydrogens is 316 g/mol. The number of rotatable bonds is 6. The van der Waals surface area contributed by atoms with Crippen molar-refractivity contribution >= 4 is 23.0 Å². The Kier molecular flexibility index (Phi) is 5.05. The zero-order chi connectivity index (χ0) is 17.7. The van der Waals surface area contributed by atoms with Gasteiger partial charge in [-0.3, -0.25) is 25.0 Å². The molecule has 2 aromatic carbocycles. The summed E-state index contributed by atoms with van der Waals surface area (Å²) in [6.45, 7) is 0.271. The van der Waals surface area contributed by atoms with Gasteiger partial charge in [-0.05, 0) is 23.8 Å². The first-order chi connectivity index (χ1) is 11.4. The SMILES string of the molecule is CNC(=O)c1ccc(CNc2ccc([N+](=O)[O-])cc2[N+](=O)[O-])cc1. The van der Waals surface area contributed by atoms with Gasteiger partial charge < -0.3 is 10.6 Å². The highest BCUT2D eigenvalue weighted by Gasteiger charge is 2.19. The van der Waals surface area contributed by atoms with Gasteiger partial charge in [0.25, 0.3) is 17.3 Å². The van der Waals surface area contributed by atoms with Crippen molar-refractivity contribution in [2.45, 2.75) is 6.54 Å². The van der Waals surface area contributed by atoms with Crippen molar-refractivity contribution in [3.8, 4) is 0 Å². The molecule has 0 atom stereocenters. The Morgan fingerprint density at radius 2 is 1.71 bits per heavy atom. The minimum absolute atomic E-state index is 0.181. The molecule has 0 fully saturated rings. The third-order valence-electron chi connectivity index (χ3n) is 3.31. The monoisotopic (exact) mass is 330 g/mol. The van der Waals surface area contributed by atoms with Crippen molar-refractivity contribution in [1.82, 2.24) is 5.32 Å². The lowest BCUT2D eigenvalue weighted by molar-refractivity contribution is -0.393. The number of hydrogen-bond donors (Lipinski definition) is 2. The Bertz CT molecular complexity index is 789. The van der Waals surface area contributed by atoms with E-state index >= 15 is 0 Å². The van der Waals surface area contributed by atoms with Gasteiger partial charge in [0.05, 0.1) is 15.9 Å². The number of benzene rings is 2. The van der Waals surface area contributed by atoms with Crippen molar-refractivity contribution in [3.63, 3.8) is 0 Å². The van der Waals surface area contributed by atoms with Crippen LogP contribution in [0.1, 0.15) is 15.9 Å².